The number of rotatable bonds is 6. The highest BCUT2D eigenvalue weighted by Crippen LogP contribution is 2.09. The van der Waals surface area contributed by atoms with E-state index in [0.29, 0.717) is 11.1 Å². The van der Waals surface area contributed by atoms with Crippen LogP contribution in [0.4, 0.5) is 0 Å². The van der Waals surface area contributed by atoms with Gasteiger partial charge >= 0.3 is 5.97 Å². The summed E-state index contributed by atoms with van der Waals surface area (Å²) in [5.41, 5.74) is 1.27. The normalized spacial score (nSPS) is 11.3. The van der Waals surface area contributed by atoms with Gasteiger partial charge in [0.1, 0.15) is 28.1 Å². The van der Waals surface area contributed by atoms with Crippen LogP contribution in [0.2, 0.25) is 0 Å². The third kappa shape index (κ3) is 4.68. The van der Waals surface area contributed by atoms with Gasteiger partial charge < -0.3 is 4.74 Å². The highest BCUT2D eigenvalue weighted by molar-refractivity contribution is 7.85. The lowest BCUT2D eigenvalue weighted by molar-refractivity contribution is 0.0527. The predicted octanol–water partition coefficient (Wildman–Crippen LogP) is -2.34. The van der Waals surface area contributed by atoms with Gasteiger partial charge in [-0.25, -0.2) is 4.79 Å². The molecule has 0 fully saturated rings. The molecule has 0 aliphatic heterocycles. The Hall–Kier alpha value is -1.14. The van der Waals surface area contributed by atoms with Gasteiger partial charge in [0.05, 0.1) is 21.3 Å². The fourth-order valence-corrected chi connectivity index (χ4v) is 2.05. The maximum atomic E-state index is 11.9. The van der Waals surface area contributed by atoms with Crippen molar-refractivity contribution in [1.29, 1.82) is 0 Å². The molecule has 1 N–H and O–H groups in total. The largest absolute Gasteiger partial charge is 0.461 e. The smallest absolute Gasteiger partial charge is 0.338 e. The maximum Gasteiger partial charge on any atom is 0.338 e. The summed E-state index contributed by atoms with van der Waals surface area (Å²) < 4.78 is 34.4. The summed E-state index contributed by atoms with van der Waals surface area (Å²) in [6, 6.07) is 1.33. The van der Waals surface area contributed by atoms with Crippen LogP contribution < -0.4 is 10.9 Å². The van der Waals surface area contributed by atoms with E-state index >= 15 is 0 Å². The molecule has 0 saturated carbocycles. The number of esters is 1. The second-order valence-corrected chi connectivity index (χ2v) is 5.79. The van der Waals surface area contributed by atoms with E-state index in [9.17, 15) is 13.2 Å². The van der Waals surface area contributed by atoms with Gasteiger partial charge in [0.15, 0.2) is 0 Å². The van der Waals surface area contributed by atoms with Crippen LogP contribution in [0.1, 0.15) is 21.5 Å². The molecular formula is C11H10B4O5S. The fraction of sp³-hybridized carbons (Fsp3) is 0.364. The van der Waals surface area contributed by atoms with E-state index in [-0.39, 0.29) is 29.1 Å². The molecule has 0 aliphatic carbocycles. The minimum Gasteiger partial charge on any atom is -0.461 e. The molecule has 0 amide bonds. The summed E-state index contributed by atoms with van der Waals surface area (Å²) in [5.74, 6) is -1.54. The molecule has 0 aromatic heterocycles. The van der Waals surface area contributed by atoms with Crippen molar-refractivity contribution in [3.8, 4) is 0 Å². The number of carbonyl (C=O) groups is 1. The number of carbonyl (C=O) groups excluding carboxylic acids is 1. The van der Waals surface area contributed by atoms with E-state index in [2.05, 4.69) is 0 Å². The molecule has 1 rings (SSSR count). The van der Waals surface area contributed by atoms with Gasteiger partial charge in [0.25, 0.3) is 10.1 Å². The topological polar surface area (TPSA) is 80.7 Å². The molecule has 1 aromatic rings. The van der Waals surface area contributed by atoms with E-state index in [1.165, 1.54) is 6.07 Å². The Morgan fingerprint density at radius 3 is 2.24 bits per heavy atom. The van der Waals surface area contributed by atoms with Crippen molar-refractivity contribution in [3.63, 3.8) is 0 Å². The van der Waals surface area contributed by atoms with Crippen molar-refractivity contribution in [3.05, 3.63) is 22.8 Å². The Bertz CT molecular complexity index is 645. The number of hydrogen-bond donors (Lipinski definition) is 1. The van der Waals surface area contributed by atoms with Gasteiger partial charge in [-0.05, 0) is 5.56 Å². The van der Waals surface area contributed by atoms with Crippen LogP contribution in [0.5, 0.6) is 0 Å². The van der Waals surface area contributed by atoms with Crippen molar-refractivity contribution in [2.24, 2.45) is 0 Å². The average molecular weight is 298 g/mol. The second-order valence-electron chi connectivity index (χ2n) is 4.21. The first kappa shape index (κ1) is 17.9. The van der Waals surface area contributed by atoms with E-state index in [0.717, 1.165) is 0 Å². The Balaban J connectivity index is 3.04. The summed E-state index contributed by atoms with van der Waals surface area (Å²) in [6.07, 6.45) is 0.0462. The van der Waals surface area contributed by atoms with Gasteiger partial charge in [-0.2, -0.15) is 8.42 Å². The Kier molecular flexibility index (Phi) is 6.16. The lowest BCUT2D eigenvalue weighted by Gasteiger charge is -2.18. The first-order chi connectivity index (χ1) is 9.71. The molecule has 0 heterocycles. The molecule has 10 heteroatoms. The van der Waals surface area contributed by atoms with Crippen molar-refractivity contribution < 1.29 is 22.5 Å². The van der Waals surface area contributed by atoms with Crippen LogP contribution in [0, 0.1) is 0 Å². The van der Waals surface area contributed by atoms with Crippen molar-refractivity contribution in [1.82, 2.24) is 0 Å². The third-order valence-corrected chi connectivity index (χ3v) is 3.51. The Labute approximate surface area is 129 Å². The monoisotopic (exact) mass is 298 g/mol. The summed E-state index contributed by atoms with van der Waals surface area (Å²) in [5, 5.41) is 0. The van der Waals surface area contributed by atoms with Crippen LogP contribution in [-0.4, -0.2) is 62.7 Å². The first-order valence-corrected chi connectivity index (χ1v) is 7.54. The molecule has 21 heavy (non-hydrogen) atoms. The predicted molar refractivity (Wildman–Crippen MR) is 82.8 cm³/mol. The Morgan fingerprint density at radius 2 is 1.76 bits per heavy atom. The summed E-state index contributed by atoms with van der Waals surface area (Å²) in [7, 11) is 18.5. The second kappa shape index (κ2) is 7.22. The molecule has 0 bridgehead atoms. The molecule has 1 aromatic carbocycles. The van der Waals surface area contributed by atoms with E-state index in [1.807, 2.05) is 0 Å². The highest BCUT2D eigenvalue weighted by Gasteiger charge is 2.17. The van der Waals surface area contributed by atoms with Gasteiger partial charge in [0, 0.05) is 0 Å². The first-order valence-electron chi connectivity index (χ1n) is 5.93. The third-order valence-electron chi connectivity index (χ3n) is 2.83. The molecule has 102 valence electrons. The van der Waals surface area contributed by atoms with Gasteiger partial charge in [-0.3, -0.25) is 4.55 Å². The van der Waals surface area contributed by atoms with Crippen LogP contribution in [0.3, 0.4) is 0 Å². The average Bonchev–Trinajstić information content (AvgIpc) is 2.37. The zero-order chi connectivity index (χ0) is 16.2. The molecule has 5 nitrogen and oxygen atoms in total. The quantitative estimate of drug-likeness (QED) is 0.361. The fourth-order valence-electron chi connectivity index (χ4n) is 1.76. The lowest BCUT2D eigenvalue weighted by atomic mass is 9.70. The van der Waals surface area contributed by atoms with Crippen LogP contribution in [0.25, 0.3) is 0 Å². The van der Waals surface area contributed by atoms with Gasteiger partial charge in [0.2, 0.25) is 0 Å². The summed E-state index contributed by atoms with van der Waals surface area (Å²) >= 11 is 0. The lowest BCUT2D eigenvalue weighted by Crippen LogP contribution is -2.30. The molecule has 0 atom stereocenters. The van der Waals surface area contributed by atoms with Crippen molar-refractivity contribution in [2.75, 3.05) is 12.4 Å². The van der Waals surface area contributed by atoms with Crippen molar-refractivity contribution >= 4 is 58.4 Å². The number of hydrogen-bond acceptors (Lipinski definition) is 4. The molecule has 0 unspecified atom stereocenters. The van der Waals surface area contributed by atoms with Crippen LogP contribution >= 0.6 is 0 Å². The van der Waals surface area contributed by atoms with Crippen LogP contribution in [0.15, 0.2) is 6.07 Å². The minimum atomic E-state index is -4.21. The molecule has 0 aliphatic rings. The molecule has 0 saturated heterocycles. The number of ether oxygens (including phenoxy) is 1. The number of benzene rings is 1. The SMILES string of the molecule is [B]Cc1c([B])cc(C(=O)OCCS(=O)(=O)O)c(C[B])c1[B]. The van der Waals surface area contributed by atoms with E-state index in [1.54, 1.807) is 0 Å². The van der Waals surface area contributed by atoms with Gasteiger partial charge in [-0.15, -0.1) is 0 Å². The zero-order valence-corrected chi connectivity index (χ0v) is 12.0. The van der Waals surface area contributed by atoms with Gasteiger partial charge in [-0.1, -0.05) is 35.2 Å². The molecule has 0 spiro atoms. The van der Waals surface area contributed by atoms with Crippen LogP contribution in [-0.2, 0) is 27.5 Å². The van der Waals surface area contributed by atoms with E-state index in [4.69, 9.17) is 40.7 Å². The summed E-state index contributed by atoms with van der Waals surface area (Å²) in [4.78, 5) is 11.9. The maximum absolute atomic E-state index is 11.9. The highest BCUT2D eigenvalue weighted by atomic mass is 32.2. The Morgan fingerprint density at radius 1 is 1.19 bits per heavy atom. The zero-order valence-electron chi connectivity index (χ0n) is 11.2. The molecule has 8 radical (unpaired) electrons. The minimum absolute atomic E-state index is 0.0398. The standard InChI is InChI=1S/C11H10B4O5S/c12-4-7-6(3-9(14)8(5-13)10(7)15)11(16)20-1-2-21(17,18)19/h3H,1-2,4-5H2,(H,17,18,19). The van der Waals surface area contributed by atoms with E-state index < -0.39 is 28.4 Å². The van der Waals surface area contributed by atoms with Crippen molar-refractivity contribution in [2.45, 2.75) is 12.6 Å². The summed E-state index contributed by atoms with van der Waals surface area (Å²) in [6.45, 7) is -0.500. The molecular weight excluding hydrogens is 287 g/mol.